The van der Waals surface area contributed by atoms with E-state index in [9.17, 15) is 9.59 Å². The van der Waals surface area contributed by atoms with E-state index >= 15 is 0 Å². The summed E-state index contributed by atoms with van der Waals surface area (Å²) >= 11 is 0. The third kappa shape index (κ3) is 5.51. The maximum Gasteiger partial charge on any atom is 0.306 e. The van der Waals surface area contributed by atoms with Crippen molar-refractivity contribution < 1.29 is 14.3 Å². The fourth-order valence-electron chi connectivity index (χ4n) is 0.997. The molecule has 80 valence electrons. The van der Waals surface area contributed by atoms with Gasteiger partial charge in [-0.05, 0) is 26.8 Å². The van der Waals surface area contributed by atoms with E-state index in [0.717, 1.165) is 5.57 Å². The Hall–Kier alpha value is -1.12. The zero-order chi connectivity index (χ0) is 11.1. The van der Waals surface area contributed by atoms with Crippen molar-refractivity contribution in [2.75, 3.05) is 6.61 Å². The Morgan fingerprint density at radius 1 is 1.36 bits per heavy atom. The molecule has 0 fully saturated rings. The highest BCUT2D eigenvalue weighted by Gasteiger charge is 2.15. The summed E-state index contributed by atoms with van der Waals surface area (Å²) in [6.07, 6.45) is 1.72. The lowest BCUT2D eigenvalue weighted by atomic mass is 10.0. The van der Waals surface area contributed by atoms with Crippen molar-refractivity contribution >= 4 is 11.8 Å². The number of esters is 1. The van der Waals surface area contributed by atoms with E-state index < -0.39 is 0 Å². The van der Waals surface area contributed by atoms with Crippen LogP contribution in [0.1, 0.15) is 34.1 Å². The van der Waals surface area contributed by atoms with Crippen LogP contribution in [0.25, 0.3) is 0 Å². The highest BCUT2D eigenvalue weighted by atomic mass is 16.5. The summed E-state index contributed by atoms with van der Waals surface area (Å²) < 4.78 is 4.76. The third-order valence-corrected chi connectivity index (χ3v) is 1.69. The van der Waals surface area contributed by atoms with E-state index in [1.54, 1.807) is 19.9 Å². The van der Waals surface area contributed by atoms with Gasteiger partial charge in [0.15, 0.2) is 5.78 Å². The molecule has 0 N–H and O–H groups in total. The average Bonchev–Trinajstić information content (AvgIpc) is 2.02. The molecule has 0 rings (SSSR count). The number of hydrogen-bond donors (Lipinski definition) is 0. The summed E-state index contributed by atoms with van der Waals surface area (Å²) in [4.78, 5) is 22.5. The van der Waals surface area contributed by atoms with Crippen LogP contribution in [-0.4, -0.2) is 18.4 Å². The van der Waals surface area contributed by atoms with Crippen LogP contribution >= 0.6 is 0 Å². The summed E-state index contributed by atoms with van der Waals surface area (Å²) in [5.74, 6) is -0.613. The molecule has 3 heteroatoms. The molecule has 0 bridgehead atoms. The topological polar surface area (TPSA) is 43.4 Å². The molecule has 1 unspecified atom stereocenters. The van der Waals surface area contributed by atoms with Crippen LogP contribution < -0.4 is 0 Å². The van der Waals surface area contributed by atoms with Gasteiger partial charge in [-0.2, -0.15) is 0 Å². The SMILES string of the molecule is CCOC(=O)CC(C)C(=O)C=C(C)C. The Morgan fingerprint density at radius 3 is 2.36 bits per heavy atom. The van der Waals surface area contributed by atoms with Crippen molar-refractivity contribution in [1.82, 2.24) is 0 Å². The second kappa shape index (κ2) is 6.35. The first-order chi connectivity index (χ1) is 6.47. The van der Waals surface area contributed by atoms with Gasteiger partial charge in [0.25, 0.3) is 0 Å². The molecule has 0 amide bonds. The van der Waals surface area contributed by atoms with Gasteiger partial charge in [-0.3, -0.25) is 9.59 Å². The molecule has 0 saturated heterocycles. The highest BCUT2D eigenvalue weighted by molar-refractivity contribution is 5.94. The largest absolute Gasteiger partial charge is 0.466 e. The molecule has 0 aliphatic rings. The minimum absolute atomic E-state index is 0.0157. The van der Waals surface area contributed by atoms with Crippen LogP contribution in [0.4, 0.5) is 0 Å². The molecule has 0 aromatic heterocycles. The molecule has 1 atom stereocenters. The maximum atomic E-state index is 11.4. The summed E-state index contributed by atoms with van der Waals surface area (Å²) in [7, 11) is 0. The average molecular weight is 198 g/mol. The van der Waals surface area contributed by atoms with Crippen LogP contribution in [0.5, 0.6) is 0 Å². The van der Waals surface area contributed by atoms with E-state index in [-0.39, 0.29) is 24.1 Å². The molecule has 0 saturated carbocycles. The van der Waals surface area contributed by atoms with Crippen molar-refractivity contribution in [3.63, 3.8) is 0 Å². The second-order valence-corrected chi connectivity index (χ2v) is 3.53. The predicted molar refractivity (Wildman–Crippen MR) is 54.9 cm³/mol. The normalized spacial score (nSPS) is 11.7. The molecule has 14 heavy (non-hydrogen) atoms. The van der Waals surface area contributed by atoms with Gasteiger partial charge in [0.1, 0.15) is 0 Å². The molecule has 0 aromatic carbocycles. The Balaban J connectivity index is 4.08. The molecule has 3 nitrogen and oxygen atoms in total. The lowest BCUT2D eigenvalue weighted by Crippen LogP contribution is -2.15. The fraction of sp³-hybridized carbons (Fsp3) is 0.636. The van der Waals surface area contributed by atoms with Crippen LogP contribution in [0.15, 0.2) is 11.6 Å². The zero-order valence-corrected chi connectivity index (χ0v) is 9.29. The Kier molecular flexibility index (Phi) is 5.84. The molecule has 0 aliphatic carbocycles. The van der Waals surface area contributed by atoms with Crippen molar-refractivity contribution in [2.45, 2.75) is 34.1 Å². The standard InChI is InChI=1S/C11H18O3/c1-5-14-11(13)7-9(4)10(12)6-8(2)3/h6,9H,5,7H2,1-4H3. The molecular weight excluding hydrogens is 180 g/mol. The van der Waals surface area contributed by atoms with Gasteiger partial charge in [-0.15, -0.1) is 0 Å². The van der Waals surface area contributed by atoms with Gasteiger partial charge in [0.05, 0.1) is 13.0 Å². The number of carbonyl (C=O) groups excluding carboxylic acids is 2. The smallest absolute Gasteiger partial charge is 0.306 e. The monoisotopic (exact) mass is 198 g/mol. The van der Waals surface area contributed by atoms with Crippen LogP contribution in [-0.2, 0) is 14.3 Å². The van der Waals surface area contributed by atoms with Gasteiger partial charge in [-0.25, -0.2) is 0 Å². The maximum absolute atomic E-state index is 11.4. The lowest BCUT2D eigenvalue weighted by molar-refractivity contribution is -0.145. The number of rotatable bonds is 5. The van der Waals surface area contributed by atoms with Gasteiger partial charge >= 0.3 is 5.97 Å². The Bertz CT molecular complexity index is 237. The number of ether oxygens (including phenoxy) is 1. The van der Waals surface area contributed by atoms with Crippen molar-refractivity contribution in [3.05, 3.63) is 11.6 Å². The fourth-order valence-corrected chi connectivity index (χ4v) is 0.997. The first-order valence-electron chi connectivity index (χ1n) is 4.81. The summed E-state index contributed by atoms with van der Waals surface area (Å²) in [5, 5.41) is 0. The van der Waals surface area contributed by atoms with E-state index in [4.69, 9.17) is 4.74 Å². The Morgan fingerprint density at radius 2 is 1.93 bits per heavy atom. The molecular formula is C11H18O3. The number of allylic oxidation sites excluding steroid dienone is 2. The van der Waals surface area contributed by atoms with Crippen LogP contribution in [0.3, 0.4) is 0 Å². The van der Waals surface area contributed by atoms with Crippen molar-refractivity contribution in [1.29, 1.82) is 0 Å². The molecule has 0 aliphatic heterocycles. The van der Waals surface area contributed by atoms with Crippen molar-refractivity contribution in [3.8, 4) is 0 Å². The van der Waals surface area contributed by atoms with E-state index in [0.29, 0.717) is 6.61 Å². The second-order valence-electron chi connectivity index (χ2n) is 3.53. The van der Waals surface area contributed by atoms with E-state index in [1.807, 2.05) is 13.8 Å². The minimum Gasteiger partial charge on any atom is -0.466 e. The van der Waals surface area contributed by atoms with Crippen LogP contribution in [0, 0.1) is 5.92 Å². The number of carbonyl (C=O) groups is 2. The third-order valence-electron chi connectivity index (χ3n) is 1.69. The first kappa shape index (κ1) is 12.9. The quantitative estimate of drug-likeness (QED) is 0.502. The summed E-state index contributed by atoms with van der Waals surface area (Å²) in [6.45, 7) is 7.56. The number of hydrogen-bond acceptors (Lipinski definition) is 3. The molecule has 0 aromatic rings. The lowest BCUT2D eigenvalue weighted by Gasteiger charge is -2.07. The van der Waals surface area contributed by atoms with Gasteiger partial charge in [0, 0.05) is 5.92 Å². The summed E-state index contributed by atoms with van der Waals surface area (Å²) in [6, 6.07) is 0. The van der Waals surface area contributed by atoms with E-state index in [1.165, 1.54) is 0 Å². The van der Waals surface area contributed by atoms with E-state index in [2.05, 4.69) is 0 Å². The minimum atomic E-state index is -0.310. The van der Waals surface area contributed by atoms with Gasteiger partial charge in [-0.1, -0.05) is 12.5 Å². The molecule has 0 heterocycles. The van der Waals surface area contributed by atoms with Gasteiger partial charge in [0.2, 0.25) is 0 Å². The first-order valence-corrected chi connectivity index (χ1v) is 4.81. The zero-order valence-electron chi connectivity index (χ0n) is 9.29. The van der Waals surface area contributed by atoms with Gasteiger partial charge < -0.3 is 4.74 Å². The molecule has 0 radical (unpaired) electrons. The number of ketones is 1. The summed E-state index contributed by atoms with van der Waals surface area (Å²) in [5.41, 5.74) is 0.950. The molecule has 0 spiro atoms. The van der Waals surface area contributed by atoms with Crippen LogP contribution in [0.2, 0.25) is 0 Å². The van der Waals surface area contributed by atoms with Crippen molar-refractivity contribution in [2.24, 2.45) is 5.92 Å². The highest BCUT2D eigenvalue weighted by Crippen LogP contribution is 2.07. The predicted octanol–water partition coefficient (Wildman–Crippen LogP) is 2.11. The Labute approximate surface area is 85.1 Å².